The Morgan fingerprint density at radius 2 is 0.432 bits per heavy atom. The van der Waals surface area contributed by atoms with E-state index in [1.54, 1.807) is 0 Å². The van der Waals surface area contributed by atoms with Crippen molar-refractivity contribution in [3.63, 3.8) is 0 Å². The lowest BCUT2D eigenvalue weighted by Gasteiger charge is -2.19. The second-order valence-electron chi connectivity index (χ2n) is 20.1. The summed E-state index contributed by atoms with van der Waals surface area (Å²) < 4.78 is 0. The molecule has 0 heteroatoms. The van der Waals surface area contributed by atoms with Crippen LogP contribution in [0.4, 0.5) is 0 Å². The molecule has 0 fully saturated rings. The minimum Gasteiger partial charge on any atom is -0.0622 e. The molecule has 0 aromatic heterocycles. The van der Waals surface area contributed by atoms with Gasteiger partial charge in [0.1, 0.15) is 0 Å². The van der Waals surface area contributed by atoms with Crippen molar-refractivity contribution in [2.75, 3.05) is 0 Å². The zero-order chi connectivity index (χ0) is 49.3. The summed E-state index contributed by atoms with van der Waals surface area (Å²) >= 11 is 0. The number of hydrogen-bond donors (Lipinski definition) is 0. The van der Waals surface area contributed by atoms with Gasteiger partial charge >= 0.3 is 0 Å². The Morgan fingerprint density at radius 1 is 0.162 bits per heavy atom. The van der Waals surface area contributed by atoms with Crippen molar-refractivity contribution >= 4 is 64.6 Å². The first kappa shape index (κ1) is 43.4. The smallest absolute Gasteiger partial charge is 0.00263 e. The highest BCUT2D eigenvalue weighted by molar-refractivity contribution is 6.23. The molecule has 0 aliphatic carbocycles. The quantitative estimate of drug-likeness (QED) is 0.140. The molecular weight excluding hydrogens is 889 g/mol. The second-order valence-corrected chi connectivity index (χ2v) is 20.1. The van der Waals surface area contributed by atoms with E-state index in [-0.39, 0.29) is 0 Å². The largest absolute Gasteiger partial charge is 0.0622 e. The van der Waals surface area contributed by atoms with E-state index in [4.69, 9.17) is 0 Å². The molecule has 74 heavy (non-hydrogen) atoms. The molecule has 0 heterocycles. The lowest BCUT2D eigenvalue weighted by Crippen LogP contribution is -1.92. The molecule has 0 bridgehead atoms. The maximum Gasteiger partial charge on any atom is -0.00263 e. The average Bonchev–Trinajstić information content (AvgIpc) is 3.46. The van der Waals surface area contributed by atoms with Crippen molar-refractivity contribution in [2.45, 2.75) is 13.8 Å². The van der Waals surface area contributed by atoms with E-state index < -0.39 is 0 Å². The van der Waals surface area contributed by atoms with Crippen LogP contribution in [0.1, 0.15) is 11.1 Å². The first-order valence-electron chi connectivity index (χ1n) is 25.8. The second kappa shape index (κ2) is 17.7. The van der Waals surface area contributed by atoms with Crippen LogP contribution in [0, 0.1) is 13.8 Å². The Balaban J connectivity index is 0.774. The predicted molar refractivity (Wildman–Crippen MR) is 319 cm³/mol. The molecule has 0 amide bonds. The van der Waals surface area contributed by atoms with Crippen LogP contribution in [0.15, 0.2) is 267 Å². The number of rotatable bonds is 7. The zero-order valence-corrected chi connectivity index (χ0v) is 41.4. The van der Waals surface area contributed by atoms with Crippen LogP contribution in [-0.4, -0.2) is 0 Å². The number of hydrogen-bond acceptors (Lipinski definition) is 0. The summed E-state index contributed by atoms with van der Waals surface area (Å²) in [4.78, 5) is 0. The molecule has 0 saturated heterocycles. The molecular formula is C74H50. The minimum absolute atomic E-state index is 1.20. The van der Waals surface area contributed by atoms with E-state index in [9.17, 15) is 0 Å². The van der Waals surface area contributed by atoms with Crippen LogP contribution in [0.3, 0.4) is 0 Å². The van der Waals surface area contributed by atoms with Gasteiger partial charge < -0.3 is 0 Å². The SMILES string of the molecule is Cc1ccc2c(-c3ccc(-c4ccc5cc(-c6ccc(-c7c8ccccc8c(-c8ccc(-c9ccc%10ccccc%10c9)cc8)c8ccc(C)cc78)cc6)ccc5c4)cc3)c3ccccc3c(-c3ccccc3)c2c1. The third kappa shape index (κ3) is 7.46. The van der Waals surface area contributed by atoms with Gasteiger partial charge in [-0.25, -0.2) is 0 Å². The fourth-order valence-corrected chi connectivity index (χ4v) is 11.9. The van der Waals surface area contributed by atoms with E-state index >= 15 is 0 Å². The zero-order valence-electron chi connectivity index (χ0n) is 41.4. The van der Waals surface area contributed by atoms with Gasteiger partial charge in [0.05, 0.1) is 0 Å². The monoisotopic (exact) mass is 938 g/mol. The van der Waals surface area contributed by atoms with Gasteiger partial charge in [-0.3, -0.25) is 0 Å². The highest BCUT2D eigenvalue weighted by atomic mass is 14.2. The molecule has 0 atom stereocenters. The van der Waals surface area contributed by atoms with Gasteiger partial charge in [-0.1, -0.05) is 260 Å². The molecule has 0 aliphatic rings. The average molecular weight is 939 g/mol. The van der Waals surface area contributed by atoms with Gasteiger partial charge in [0.25, 0.3) is 0 Å². The number of fused-ring (bicyclic) bond motifs is 6. The standard InChI is InChI=1S/C74H50/c1-47-20-40-67-69(42-47)73(53-13-4-3-5-14-53)65-18-10-8-16-63(65)71(67)54-31-24-51(25-32-54)59-36-38-62-46-60(37-39-61(62)45-59)52-26-33-56(34-27-52)74-66-19-11-9-17-64(66)72(68-41-21-48(2)43-70(68)74)55-29-22-50(23-30-55)58-35-28-49-12-6-7-15-57(49)44-58/h3-46H,1-2H3. The Labute approximate surface area is 432 Å². The third-order valence-electron chi connectivity index (χ3n) is 15.5. The van der Waals surface area contributed by atoms with E-state index in [2.05, 4.69) is 281 Å². The van der Waals surface area contributed by atoms with Crippen LogP contribution in [0.2, 0.25) is 0 Å². The summed E-state index contributed by atoms with van der Waals surface area (Å²) in [6, 6.07) is 99.3. The Morgan fingerprint density at radius 3 is 0.838 bits per heavy atom. The summed E-state index contributed by atoms with van der Waals surface area (Å²) in [6.07, 6.45) is 0. The van der Waals surface area contributed by atoms with Crippen molar-refractivity contribution < 1.29 is 0 Å². The van der Waals surface area contributed by atoms with E-state index in [0.29, 0.717) is 0 Å². The molecule has 0 nitrogen and oxygen atoms in total. The van der Waals surface area contributed by atoms with E-state index in [0.717, 1.165) is 0 Å². The third-order valence-corrected chi connectivity index (χ3v) is 15.5. The molecule has 0 N–H and O–H groups in total. The van der Waals surface area contributed by atoms with Crippen molar-refractivity contribution in [1.29, 1.82) is 0 Å². The van der Waals surface area contributed by atoms with Crippen LogP contribution >= 0.6 is 0 Å². The fraction of sp³-hybridized carbons (Fsp3) is 0.0270. The first-order valence-corrected chi connectivity index (χ1v) is 25.8. The van der Waals surface area contributed by atoms with Gasteiger partial charge in [0.2, 0.25) is 0 Å². The summed E-state index contributed by atoms with van der Waals surface area (Å²) in [7, 11) is 0. The Hall–Kier alpha value is -9.36. The van der Waals surface area contributed by atoms with Crippen molar-refractivity contribution in [3.8, 4) is 77.9 Å². The highest BCUT2D eigenvalue weighted by Crippen LogP contribution is 2.47. The van der Waals surface area contributed by atoms with Gasteiger partial charge in [0, 0.05) is 0 Å². The summed E-state index contributed by atoms with van der Waals surface area (Å²) in [5, 5.41) is 15.2. The lowest BCUT2D eigenvalue weighted by atomic mass is 9.85. The Bertz CT molecular complexity index is 4500. The molecule has 14 aromatic rings. The van der Waals surface area contributed by atoms with Gasteiger partial charge in [-0.2, -0.15) is 0 Å². The summed E-state index contributed by atoms with van der Waals surface area (Å²) in [6.45, 7) is 4.39. The first-order chi connectivity index (χ1) is 36.5. The maximum absolute atomic E-state index is 2.37. The molecule has 0 aliphatic heterocycles. The van der Waals surface area contributed by atoms with Crippen LogP contribution in [0.25, 0.3) is 143 Å². The number of aryl methyl sites for hydroxylation is 2. The minimum atomic E-state index is 1.20. The van der Waals surface area contributed by atoms with E-state index in [1.165, 1.54) is 154 Å². The van der Waals surface area contributed by atoms with Crippen LogP contribution in [-0.2, 0) is 0 Å². The molecule has 0 spiro atoms. The topological polar surface area (TPSA) is 0 Å². The summed E-state index contributed by atoms with van der Waals surface area (Å²) in [5.41, 5.74) is 19.8. The molecule has 14 aromatic carbocycles. The van der Waals surface area contributed by atoms with Gasteiger partial charge in [0.15, 0.2) is 0 Å². The molecule has 0 radical (unpaired) electrons. The summed E-state index contributed by atoms with van der Waals surface area (Å²) in [5.74, 6) is 0. The van der Waals surface area contributed by atoms with Crippen molar-refractivity contribution in [2.24, 2.45) is 0 Å². The maximum atomic E-state index is 2.37. The highest BCUT2D eigenvalue weighted by Gasteiger charge is 2.19. The molecule has 0 saturated carbocycles. The van der Waals surface area contributed by atoms with Crippen molar-refractivity contribution in [1.82, 2.24) is 0 Å². The Kier molecular flexibility index (Phi) is 10.4. The fourth-order valence-electron chi connectivity index (χ4n) is 11.9. The van der Waals surface area contributed by atoms with Crippen molar-refractivity contribution in [3.05, 3.63) is 278 Å². The van der Waals surface area contributed by atoms with Gasteiger partial charge in [-0.15, -0.1) is 0 Å². The lowest BCUT2D eigenvalue weighted by molar-refractivity contribution is 1.51. The van der Waals surface area contributed by atoms with E-state index in [1.807, 2.05) is 0 Å². The predicted octanol–water partition coefficient (Wildman–Crippen LogP) is 20.9. The van der Waals surface area contributed by atoms with Gasteiger partial charge in [-0.05, 0) is 175 Å². The van der Waals surface area contributed by atoms with Crippen LogP contribution in [0.5, 0.6) is 0 Å². The molecule has 346 valence electrons. The molecule has 14 rings (SSSR count). The normalized spacial score (nSPS) is 11.6. The molecule has 0 unspecified atom stereocenters. The number of benzene rings is 14. The van der Waals surface area contributed by atoms with Crippen LogP contribution < -0.4 is 0 Å².